The minimum Gasteiger partial charge on any atom is -0.396 e. The van der Waals surface area contributed by atoms with E-state index in [1.54, 1.807) is 0 Å². The molecule has 0 aliphatic carbocycles. The number of carbonyl (C=O) groups excluding carboxylic acids is 1. The summed E-state index contributed by atoms with van der Waals surface area (Å²) >= 11 is 0. The summed E-state index contributed by atoms with van der Waals surface area (Å²) in [5, 5.41) is 8.66. The molecule has 1 atom stereocenters. The van der Waals surface area contributed by atoms with Crippen LogP contribution in [0.4, 0.5) is 0 Å². The van der Waals surface area contributed by atoms with Crippen LogP contribution >= 0.6 is 0 Å². The van der Waals surface area contributed by atoms with Crippen molar-refractivity contribution in [2.75, 3.05) is 13.2 Å². The molecule has 1 heterocycles. The molecule has 1 rings (SSSR count). The van der Waals surface area contributed by atoms with Crippen LogP contribution in [0.2, 0.25) is 0 Å². The van der Waals surface area contributed by atoms with E-state index in [9.17, 15) is 4.79 Å². The van der Waals surface area contributed by atoms with Crippen LogP contribution in [-0.2, 0) is 4.79 Å². The normalized spacial score (nSPS) is 22.5. The van der Waals surface area contributed by atoms with Crippen LogP contribution in [0.15, 0.2) is 0 Å². The van der Waals surface area contributed by atoms with Crippen molar-refractivity contribution in [3.63, 3.8) is 0 Å². The molecular weight excluding hydrogens is 190 g/mol. The van der Waals surface area contributed by atoms with Crippen molar-refractivity contribution in [1.29, 1.82) is 0 Å². The highest BCUT2D eigenvalue weighted by molar-refractivity contribution is 5.76. The van der Waals surface area contributed by atoms with Crippen LogP contribution in [-0.4, -0.2) is 35.1 Å². The third kappa shape index (κ3) is 4.20. The second-order valence-corrected chi connectivity index (χ2v) is 4.47. The Kier molecular flexibility index (Phi) is 5.69. The largest absolute Gasteiger partial charge is 0.396 e. The van der Waals surface area contributed by atoms with E-state index < -0.39 is 0 Å². The lowest BCUT2D eigenvalue weighted by molar-refractivity contribution is -0.133. The van der Waals surface area contributed by atoms with Gasteiger partial charge in [-0.15, -0.1) is 0 Å². The van der Waals surface area contributed by atoms with E-state index in [-0.39, 0.29) is 12.5 Å². The number of rotatable bonds is 4. The van der Waals surface area contributed by atoms with Gasteiger partial charge in [-0.2, -0.15) is 0 Å². The van der Waals surface area contributed by atoms with Crippen molar-refractivity contribution in [1.82, 2.24) is 4.90 Å². The number of likely N-dealkylation sites (tertiary alicyclic amines) is 1. The number of unbranched alkanes of at least 4 members (excludes halogenated alkanes) is 1. The molecule has 1 fully saturated rings. The van der Waals surface area contributed by atoms with Gasteiger partial charge in [0.25, 0.3) is 0 Å². The highest BCUT2D eigenvalue weighted by Crippen LogP contribution is 2.17. The zero-order chi connectivity index (χ0) is 11.1. The van der Waals surface area contributed by atoms with E-state index >= 15 is 0 Å². The standard InChI is InChI=1S/C12H23NO2/c1-11-7-3-2-5-9-13(11)12(15)8-4-6-10-14/h11,14H,2-10H2,1H3. The summed E-state index contributed by atoms with van der Waals surface area (Å²) in [5.74, 6) is 0.276. The molecule has 1 N–H and O–H groups in total. The van der Waals surface area contributed by atoms with Gasteiger partial charge in [0.05, 0.1) is 0 Å². The first-order valence-electron chi connectivity index (χ1n) is 6.16. The summed E-state index contributed by atoms with van der Waals surface area (Å²) in [6, 6.07) is 0.411. The van der Waals surface area contributed by atoms with E-state index in [4.69, 9.17) is 5.11 Å². The molecule has 0 spiro atoms. The maximum atomic E-state index is 11.9. The number of aliphatic hydroxyl groups is 1. The minimum absolute atomic E-state index is 0.197. The first-order valence-corrected chi connectivity index (χ1v) is 6.16. The van der Waals surface area contributed by atoms with Gasteiger partial charge in [-0.3, -0.25) is 4.79 Å². The molecule has 1 aliphatic rings. The number of aliphatic hydroxyl groups excluding tert-OH is 1. The summed E-state index contributed by atoms with van der Waals surface area (Å²) in [5.41, 5.74) is 0. The average Bonchev–Trinajstić information content (AvgIpc) is 2.43. The summed E-state index contributed by atoms with van der Waals surface area (Å²) in [6.07, 6.45) is 6.96. The molecular formula is C12H23NO2. The zero-order valence-corrected chi connectivity index (χ0v) is 9.74. The van der Waals surface area contributed by atoms with Gasteiger partial charge in [0.2, 0.25) is 5.91 Å². The lowest BCUT2D eigenvalue weighted by Gasteiger charge is -2.27. The zero-order valence-electron chi connectivity index (χ0n) is 9.74. The third-order valence-corrected chi connectivity index (χ3v) is 3.17. The van der Waals surface area contributed by atoms with Gasteiger partial charge in [0, 0.05) is 25.6 Å². The van der Waals surface area contributed by atoms with Gasteiger partial charge >= 0.3 is 0 Å². The van der Waals surface area contributed by atoms with Gasteiger partial charge in [-0.05, 0) is 32.6 Å². The van der Waals surface area contributed by atoms with Gasteiger partial charge in [0.15, 0.2) is 0 Å². The van der Waals surface area contributed by atoms with Crippen LogP contribution in [0.5, 0.6) is 0 Å². The third-order valence-electron chi connectivity index (χ3n) is 3.17. The van der Waals surface area contributed by atoms with Gasteiger partial charge in [-0.25, -0.2) is 0 Å². The maximum absolute atomic E-state index is 11.9. The molecule has 88 valence electrons. The summed E-state index contributed by atoms with van der Waals surface area (Å²) in [6.45, 7) is 3.28. The molecule has 0 aromatic heterocycles. The molecule has 1 unspecified atom stereocenters. The predicted molar refractivity (Wildman–Crippen MR) is 60.6 cm³/mol. The molecule has 1 saturated heterocycles. The Morgan fingerprint density at radius 3 is 2.87 bits per heavy atom. The number of nitrogens with zero attached hydrogens (tertiary/aromatic N) is 1. The predicted octanol–water partition coefficient (Wildman–Crippen LogP) is 1.94. The maximum Gasteiger partial charge on any atom is 0.222 e. The van der Waals surface area contributed by atoms with E-state index in [1.165, 1.54) is 12.8 Å². The molecule has 0 saturated carbocycles. The fourth-order valence-corrected chi connectivity index (χ4v) is 2.18. The molecule has 3 nitrogen and oxygen atoms in total. The molecule has 1 aliphatic heterocycles. The van der Waals surface area contributed by atoms with Crippen LogP contribution in [0.1, 0.15) is 51.9 Å². The van der Waals surface area contributed by atoms with Crippen molar-refractivity contribution in [2.45, 2.75) is 57.9 Å². The summed E-state index contributed by atoms with van der Waals surface area (Å²) in [7, 11) is 0. The second kappa shape index (κ2) is 6.83. The second-order valence-electron chi connectivity index (χ2n) is 4.47. The lowest BCUT2D eigenvalue weighted by atomic mass is 10.1. The molecule has 0 aromatic rings. The van der Waals surface area contributed by atoms with Crippen molar-refractivity contribution in [3.05, 3.63) is 0 Å². The molecule has 0 bridgehead atoms. The minimum atomic E-state index is 0.197. The average molecular weight is 213 g/mol. The van der Waals surface area contributed by atoms with E-state index in [2.05, 4.69) is 6.92 Å². The molecule has 1 amide bonds. The molecule has 0 aromatic carbocycles. The highest BCUT2D eigenvalue weighted by Gasteiger charge is 2.20. The Morgan fingerprint density at radius 1 is 1.33 bits per heavy atom. The smallest absolute Gasteiger partial charge is 0.222 e. The van der Waals surface area contributed by atoms with Crippen LogP contribution in [0.25, 0.3) is 0 Å². The van der Waals surface area contributed by atoms with Crippen molar-refractivity contribution < 1.29 is 9.90 Å². The summed E-state index contributed by atoms with van der Waals surface area (Å²) in [4.78, 5) is 13.9. The number of hydrogen-bond donors (Lipinski definition) is 1. The Labute approximate surface area is 92.5 Å². The SMILES string of the molecule is CC1CCCCCN1C(=O)CCCCO. The monoisotopic (exact) mass is 213 g/mol. The topological polar surface area (TPSA) is 40.5 Å². The van der Waals surface area contributed by atoms with Gasteiger partial charge in [-0.1, -0.05) is 12.8 Å². The number of hydrogen-bond acceptors (Lipinski definition) is 2. The van der Waals surface area contributed by atoms with Crippen LogP contribution in [0, 0.1) is 0 Å². The van der Waals surface area contributed by atoms with E-state index in [1.807, 2.05) is 4.90 Å². The van der Waals surface area contributed by atoms with Crippen LogP contribution < -0.4 is 0 Å². The fourth-order valence-electron chi connectivity index (χ4n) is 2.18. The first kappa shape index (κ1) is 12.5. The van der Waals surface area contributed by atoms with Crippen molar-refractivity contribution in [3.8, 4) is 0 Å². The Bertz CT molecular complexity index is 194. The molecule has 3 heteroatoms. The van der Waals surface area contributed by atoms with Gasteiger partial charge < -0.3 is 10.0 Å². The molecule has 15 heavy (non-hydrogen) atoms. The number of amides is 1. The number of carbonyl (C=O) groups is 1. The molecule has 0 radical (unpaired) electrons. The van der Waals surface area contributed by atoms with E-state index in [0.29, 0.717) is 12.5 Å². The highest BCUT2D eigenvalue weighted by atomic mass is 16.3. The fraction of sp³-hybridized carbons (Fsp3) is 0.917. The van der Waals surface area contributed by atoms with Crippen molar-refractivity contribution >= 4 is 5.91 Å². The van der Waals surface area contributed by atoms with Gasteiger partial charge in [0.1, 0.15) is 0 Å². The van der Waals surface area contributed by atoms with E-state index in [0.717, 1.165) is 32.2 Å². The Hall–Kier alpha value is -0.570. The first-order chi connectivity index (χ1) is 7.25. The van der Waals surface area contributed by atoms with Crippen LogP contribution in [0.3, 0.4) is 0 Å². The Balaban J connectivity index is 2.34. The Morgan fingerprint density at radius 2 is 2.13 bits per heavy atom. The quantitative estimate of drug-likeness (QED) is 0.725. The van der Waals surface area contributed by atoms with Crippen molar-refractivity contribution in [2.24, 2.45) is 0 Å². The lowest BCUT2D eigenvalue weighted by Crippen LogP contribution is -2.38. The summed E-state index contributed by atoms with van der Waals surface area (Å²) < 4.78 is 0.